The van der Waals surface area contributed by atoms with Crippen molar-refractivity contribution in [1.82, 2.24) is 10.2 Å². The van der Waals surface area contributed by atoms with Crippen molar-refractivity contribution < 1.29 is 9.47 Å². The van der Waals surface area contributed by atoms with E-state index < -0.39 is 0 Å². The molecule has 16 heavy (non-hydrogen) atoms. The summed E-state index contributed by atoms with van der Waals surface area (Å²) in [7, 11) is 5.97. The highest BCUT2D eigenvalue weighted by molar-refractivity contribution is 4.97. The maximum absolute atomic E-state index is 5.59. The molecule has 0 bridgehead atoms. The van der Waals surface area contributed by atoms with E-state index in [1.54, 1.807) is 7.11 Å². The highest BCUT2D eigenvalue weighted by Crippen LogP contribution is 2.26. The molecule has 4 nitrogen and oxygen atoms in total. The molecule has 1 saturated carbocycles. The van der Waals surface area contributed by atoms with Gasteiger partial charge in [-0.1, -0.05) is 0 Å². The molecule has 1 aliphatic carbocycles. The van der Waals surface area contributed by atoms with Gasteiger partial charge in [0.15, 0.2) is 0 Å². The number of likely N-dealkylation sites (N-methyl/N-ethyl adjacent to an activating group) is 1. The molecule has 4 unspecified atom stereocenters. The predicted molar refractivity (Wildman–Crippen MR) is 65.8 cm³/mol. The van der Waals surface area contributed by atoms with E-state index in [4.69, 9.17) is 9.47 Å². The second kappa shape index (κ2) is 6.55. The van der Waals surface area contributed by atoms with Crippen molar-refractivity contribution in [2.75, 3.05) is 34.4 Å². The van der Waals surface area contributed by atoms with Gasteiger partial charge in [0, 0.05) is 32.3 Å². The van der Waals surface area contributed by atoms with E-state index in [9.17, 15) is 0 Å². The van der Waals surface area contributed by atoms with Crippen LogP contribution in [-0.2, 0) is 9.47 Å². The molecule has 4 atom stereocenters. The molecule has 1 aliphatic rings. The average Bonchev–Trinajstić information content (AvgIpc) is 2.22. The van der Waals surface area contributed by atoms with Gasteiger partial charge in [0.1, 0.15) is 0 Å². The van der Waals surface area contributed by atoms with Gasteiger partial charge in [-0.15, -0.1) is 0 Å². The van der Waals surface area contributed by atoms with Crippen molar-refractivity contribution >= 4 is 0 Å². The van der Waals surface area contributed by atoms with Gasteiger partial charge in [-0.3, -0.25) is 0 Å². The minimum atomic E-state index is 0.217. The van der Waals surface area contributed by atoms with Crippen molar-refractivity contribution in [3.63, 3.8) is 0 Å². The Morgan fingerprint density at radius 2 is 2.12 bits per heavy atom. The second-order valence-corrected chi connectivity index (χ2v) is 4.76. The molecule has 0 aromatic carbocycles. The van der Waals surface area contributed by atoms with E-state index >= 15 is 0 Å². The van der Waals surface area contributed by atoms with Crippen LogP contribution in [0.15, 0.2) is 0 Å². The lowest BCUT2D eigenvalue weighted by Gasteiger charge is -2.44. The van der Waals surface area contributed by atoms with Crippen LogP contribution in [0.3, 0.4) is 0 Å². The van der Waals surface area contributed by atoms with Crippen LogP contribution in [0, 0.1) is 0 Å². The Balaban J connectivity index is 2.24. The van der Waals surface area contributed by atoms with Crippen LogP contribution >= 0.6 is 0 Å². The zero-order valence-corrected chi connectivity index (χ0v) is 11.2. The quantitative estimate of drug-likeness (QED) is 0.699. The summed E-state index contributed by atoms with van der Waals surface area (Å²) in [4.78, 5) is 2.22. The van der Waals surface area contributed by atoms with Crippen molar-refractivity contribution in [3.8, 4) is 0 Å². The molecule has 96 valence electrons. The Hall–Kier alpha value is -0.160. The first kappa shape index (κ1) is 13.9. The van der Waals surface area contributed by atoms with Crippen LogP contribution < -0.4 is 5.32 Å². The number of ether oxygens (including phenoxy) is 2. The highest BCUT2D eigenvalue weighted by Gasteiger charge is 2.41. The largest absolute Gasteiger partial charge is 0.377 e. The van der Waals surface area contributed by atoms with Gasteiger partial charge in [0.05, 0.1) is 12.2 Å². The van der Waals surface area contributed by atoms with E-state index in [2.05, 4.69) is 31.2 Å². The fourth-order valence-corrected chi connectivity index (χ4v) is 1.98. The van der Waals surface area contributed by atoms with Gasteiger partial charge in [-0.2, -0.15) is 0 Å². The minimum absolute atomic E-state index is 0.217. The lowest BCUT2D eigenvalue weighted by molar-refractivity contribution is -0.131. The van der Waals surface area contributed by atoms with Crippen LogP contribution in [0.2, 0.25) is 0 Å². The molecule has 0 aromatic heterocycles. The van der Waals surface area contributed by atoms with Gasteiger partial charge in [0.2, 0.25) is 0 Å². The first-order valence-electron chi connectivity index (χ1n) is 6.14. The maximum atomic E-state index is 5.59. The molecule has 1 fully saturated rings. The third-order valence-electron chi connectivity index (χ3n) is 3.46. The van der Waals surface area contributed by atoms with Gasteiger partial charge >= 0.3 is 0 Å². The van der Waals surface area contributed by atoms with Gasteiger partial charge in [0.25, 0.3) is 0 Å². The Labute approximate surface area is 99.3 Å². The molecule has 0 aromatic rings. The molecule has 1 rings (SSSR count). The Bertz CT molecular complexity index is 199. The van der Waals surface area contributed by atoms with E-state index in [1.165, 1.54) is 0 Å². The third-order valence-corrected chi connectivity index (χ3v) is 3.46. The first-order valence-corrected chi connectivity index (χ1v) is 6.14. The summed E-state index contributed by atoms with van der Waals surface area (Å²) < 4.78 is 11.0. The molecular weight excluding hydrogens is 204 g/mol. The summed E-state index contributed by atoms with van der Waals surface area (Å²) in [6.07, 6.45) is 1.56. The number of nitrogens with one attached hydrogen (secondary N) is 1. The number of hydrogen-bond donors (Lipinski definition) is 1. The molecule has 0 spiro atoms. The zero-order chi connectivity index (χ0) is 12.1. The second-order valence-electron chi connectivity index (χ2n) is 4.76. The summed E-state index contributed by atoms with van der Waals surface area (Å²) in [5, 5.41) is 3.54. The van der Waals surface area contributed by atoms with E-state index in [0.29, 0.717) is 12.1 Å². The topological polar surface area (TPSA) is 33.7 Å². The van der Waals surface area contributed by atoms with Crippen LogP contribution in [0.4, 0.5) is 0 Å². The molecule has 0 amide bonds. The highest BCUT2D eigenvalue weighted by atomic mass is 16.5. The summed E-state index contributed by atoms with van der Waals surface area (Å²) in [5.74, 6) is 0. The molecule has 0 saturated heterocycles. The zero-order valence-electron chi connectivity index (χ0n) is 11.2. The summed E-state index contributed by atoms with van der Waals surface area (Å²) in [6.45, 7) is 6.01. The normalized spacial score (nSPS) is 31.5. The molecule has 4 heteroatoms. The van der Waals surface area contributed by atoms with Crippen molar-refractivity contribution in [3.05, 3.63) is 0 Å². The molecule has 1 N–H and O–H groups in total. The van der Waals surface area contributed by atoms with E-state index in [1.807, 2.05) is 6.92 Å². The van der Waals surface area contributed by atoms with Crippen LogP contribution in [-0.4, -0.2) is 63.5 Å². The Morgan fingerprint density at radius 1 is 1.44 bits per heavy atom. The minimum Gasteiger partial charge on any atom is -0.377 e. The van der Waals surface area contributed by atoms with Gasteiger partial charge < -0.3 is 19.7 Å². The summed E-state index contributed by atoms with van der Waals surface area (Å²) in [6, 6.07) is 0.993. The smallest absolute Gasteiger partial charge is 0.0986 e. The standard InChI is InChI=1S/C12H26N2O2/c1-6-16-11-7-10(12(11)15-5)13-8-9(2)14(3)4/h9-13H,6-8H2,1-5H3. The third kappa shape index (κ3) is 3.42. The van der Waals surface area contributed by atoms with E-state index in [0.717, 1.165) is 19.6 Å². The number of rotatable bonds is 7. The lowest BCUT2D eigenvalue weighted by Crippen LogP contribution is -2.61. The van der Waals surface area contributed by atoms with Crippen molar-refractivity contribution in [2.24, 2.45) is 0 Å². The maximum Gasteiger partial charge on any atom is 0.0986 e. The lowest BCUT2D eigenvalue weighted by atomic mass is 9.85. The first-order chi connectivity index (χ1) is 7.60. The molecule has 0 aliphatic heterocycles. The van der Waals surface area contributed by atoms with Gasteiger partial charge in [-0.25, -0.2) is 0 Å². The number of hydrogen-bond acceptors (Lipinski definition) is 4. The van der Waals surface area contributed by atoms with Crippen LogP contribution in [0.1, 0.15) is 20.3 Å². The van der Waals surface area contributed by atoms with Crippen molar-refractivity contribution in [2.45, 2.75) is 44.6 Å². The Morgan fingerprint density at radius 3 is 2.62 bits per heavy atom. The fraction of sp³-hybridized carbons (Fsp3) is 1.00. The average molecular weight is 230 g/mol. The molecule has 0 heterocycles. The predicted octanol–water partition coefficient (Wildman–Crippen LogP) is 0.719. The van der Waals surface area contributed by atoms with Crippen molar-refractivity contribution in [1.29, 1.82) is 0 Å². The summed E-state index contributed by atoms with van der Waals surface area (Å²) in [5.41, 5.74) is 0. The fourth-order valence-electron chi connectivity index (χ4n) is 1.98. The summed E-state index contributed by atoms with van der Waals surface area (Å²) >= 11 is 0. The number of nitrogens with zero attached hydrogens (tertiary/aromatic N) is 1. The van der Waals surface area contributed by atoms with Gasteiger partial charge in [-0.05, 0) is 34.4 Å². The number of methoxy groups -OCH3 is 1. The Kier molecular flexibility index (Phi) is 5.69. The molecular formula is C12H26N2O2. The van der Waals surface area contributed by atoms with Crippen LogP contribution in [0.5, 0.6) is 0 Å². The SMILES string of the molecule is CCOC1CC(NCC(C)N(C)C)C1OC. The monoisotopic (exact) mass is 230 g/mol. The van der Waals surface area contributed by atoms with Crippen LogP contribution in [0.25, 0.3) is 0 Å². The molecule has 0 radical (unpaired) electrons. The van der Waals surface area contributed by atoms with E-state index in [-0.39, 0.29) is 12.2 Å².